The molecule has 0 saturated carbocycles. The standard InChI is InChI=1S/C31H36ClN3O2/c1-23(2)25-13-4-8-17-29(25)37-21-10-9-20-35-28-16-7-6-15-27(28)34-30(35)18-11-19-33-31(36)22-24-12-3-5-14-26(24)32/h3-8,12-17,23H,9-11,18-22H2,1-2H3,(H,33,36). The van der Waals surface area contributed by atoms with E-state index in [4.69, 9.17) is 21.3 Å². The Morgan fingerprint density at radius 3 is 2.57 bits per heavy atom. The summed E-state index contributed by atoms with van der Waals surface area (Å²) in [7, 11) is 0. The van der Waals surface area contributed by atoms with Crippen molar-refractivity contribution >= 4 is 28.5 Å². The van der Waals surface area contributed by atoms with Gasteiger partial charge in [-0.15, -0.1) is 0 Å². The highest BCUT2D eigenvalue weighted by atomic mass is 35.5. The number of halogens is 1. The van der Waals surface area contributed by atoms with Crippen LogP contribution in [0.5, 0.6) is 5.75 Å². The van der Waals surface area contributed by atoms with Gasteiger partial charge in [0, 0.05) is 24.5 Å². The number of amides is 1. The van der Waals surface area contributed by atoms with E-state index in [-0.39, 0.29) is 5.91 Å². The zero-order chi connectivity index (χ0) is 26.0. The Labute approximate surface area is 224 Å². The molecule has 0 aliphatic heterocycles. The molecule has 4 aromatic rings. The number of imidazole rings is 1. The minimum absolute atomic E-state index is 0.0133. The summed E-state index contributed by atoms with van der Waals surface area (Å²) in [6.07, 6.45) is 3.90. The fourth-order valence-electron chi connectivity index (χ4n) is 4.56. The Morgan fingerprint density at radius 1 is 0.973 bits per heavy atom. The molecule has 0 saturated heterocycles. The highest BCUT2D eigenvalue weighted by Crippen LogP contribution is 2.26. The molecule has 3 aromatic carbocycles. The SMILES string of the molecule is CC(C)c1ccccc1OCCCCn1c(CCCNC(=O)Cc2ccccc2Cl)nc2ccccc21. The molecule has 0 radical (unpaired) electrons. The molecule has 0 atom stereocenters. The van der Waals surface area contributed by atoms with Crippen molar-refractivity contribution in [2.24, 2.45) is 0 Å². The van der Waals surface area contributed by atoms with Crippen LogP contribution in [0, 0.1) is 0 Å². The van der Waals surface area contributed by atoms with Crippen LogP contribution in [0.25, 0.3) is 11.0 Å². The molecule has 1 amide bonds. The predicted molar refractivity (Wildman–Crippen MR) is 151 cm³/mol. The zero-order valence-corrected chi connectivity index (χ0v) is 22.5. The number of nitrogens with one attached hydrogen (secondary N) is 1. The molecule has 0 bridgehead atoms. The van der Waals surface area contributed by atoms with Crippen molar-refractivity contribution < 1.29 is 9.53 Å². The molecule has 6 heteroatoms. The van der Waals surface area contributed by atoms with E-state index in [9.17, 15) is 4.79 Å². The van der Waals surface area contributed by atoms with Gasteiger partial charge in [0.05, 0.1) is 24.1 Å². The lowest BCUT2D eigenvalue weighted by atomic mass is 10.0. The number of benzene rings is 3. The highest BCUT2D eigenvalue weighted by Gasteiger charge is 2.12. The van der Waals surface area contributed by atoms with Crippen molar-refractivity contribution in [1.29, 1.82) is 0 Å². The zero-order valence-electron chi connectivity index (χ0n) is 21.8. The third kappa shape index (κ3) is 7.36. The van der Waals surface area contributed by atoms with E-state index in [0.717, 1.165) is 60.4 Å². The first-order valence-electron chi connectivity index (χ1n) is 13.2. The van der Waals surface area contributed by atoms with Gasteiger partial charge in [-0.25, -0.2) is 4.98 Å². The quantitative estimate of drug-likeness (QED) is 0.195. The van der Waals surface area contributed by atoms with Crippen LogP contribution >= 0.6 is 11.6 Å². The second kappa shape index (κ2) is 13.3. The normalized spacial score (nSPS) is 11.2. The summed E-state index contributed by atoms with van der Waals surface area (Å²) in [5, 5.41) is 3.64. The number of fused-ring (bicyclic) bond motifs is 1. The second-order valence-electron chi connectivity index (χ2n) is 9.64. The molecule has 37 heavy (non-hydrogen) atoms. The lowest BCUT2D eigenvalue weighted by Gasteiger charge is -2.14. The Kier molecular flexibility index (Phi) is 9.61. The third-order valence-corrected chi connectivity index (χ3v) is 6.89. The summed E-state index contributed by atoms with van der Waals surface area (Å²) in [6, 6.07) is 24.0. The Balaban J connectivity index is 1.27. The van der Waals surface area contributed by atoms with Crippen LogP contribution in [0.1, 0.15) is 56.0 Å². The molecule has 194 valence electrons. The minimum atomic E-state index is -0.0133. The van der Waals surface area contributed by atoms with Gasteiger partial charge < -0.3 is 14.6 Å². The van der Waals surface area contributed by atoms with Crippen molar-refractivity contribution in [2.45, 2.75) is 58.4 Å². The molecule has 0 aliphatic carbocycles. The van der Waals surface area contributed by atoms with Crippen molar-refractivity contribution in [2.75, 3.05) is 13.2 Å². The van der Waals surface area contributed by atoms with Gasteiger partial charge in [-0.2, -0.15) is 0 Å². The molecule has 1 N–H and O–H groups in total. The van der Waals surface area contributed by atoms with E-state index in [1.54, 1.807) is 0 Å². The number of aromatic nitrogens is 2. The maximum absolute atomic E-state index is 12.3. The van der Waals surface area contributed by atoms with E-state index in [1.165, 1.54) is 5.56 Å². The van der Waals surface area contributed by atoms with Crippen LogP contribution < -0.4 is 10.1 Å². The Morgan fingerprint density at radius 2 is 1.73 bits per heavy atom. The largest absolute Gasteiger partial charge is 0.493 e. The van der Waals surface area contributed by atoms with Gasteiger partial charge in [0.1, 0.15) is 11.6 Å². The van der Waals surface area contributed by atoms with Crippen LogP contribution in [0.15, 0.2) is 72.8 Å². The van der Waals surface area contributed by atoms with Gasteiger partial charge in [-0.1, -0.05) is 74.0 Å². The van der Waals surface area contributed by atoms with Gasteiger partial charge in [-0.05, 0) is 60.6 Å². The number of carbonyl (C=O) groups excluding carboxylic acids is 1. The topological polar surface area (TPSA) is 56.1 Å². The highest BCUT2D eigenvalue weighted by molar-refractivity contribution is 6.31. The summed E-state index contributed by atoms with van der Waals surface area (Å²) >= 11 is 6.18. The van der Waals surface area contributed by atoms with Crippen molar-refractivity contribution in [1.82, 2.24) is 14.9 Å². The van der Waals surface area contributed by atoms with Gasteiger partial charge in [0.2, 0.25) is 5.91 Å². The van der Waals surface area contributed by atoms with Crippen molar-refractivity contribution in [3.63, 3.8) is 0 Å². The monoisotopic (exact) mass is 517 g/mol. The lowest BCUT2D eigenvalue weighted by Crippen LogP contribution is -2.26. The van der Waals surface area contributed by atoms with E-state index in [0.29, 0.717) is 30.5 Å². The van der Waals surface area contributed by atoms with Crippen molar-refractivity contribution in [3.05, 3.63) is 94.8 Å². The van der Waals surface area contributed by atoms with Crippen LogP contribution in [0.2, 0.25) is 5.02 Å². The summed E-state index contributed by atoms with van der Waals surface area (Å²) in [6.45, 7) is 6.58. The first kappa shape index (κ1) is 26.7. The average Bonchev–Trinajstić information content (AvgIpc) is 3.25. The average molecular weight is 518 g/mol. The molecule has 1 heterocycles. The number of unbranched alkanes of at least 4 members (excludes halogenated alkanes) is 1. The molecule has 0 aliphatic rings. The van der Waals surface area contributed by atoms with E-state index in [1.807, 2.05) is 36.4 Å². The molecule has 0 fully saturated rings. The first-order chi connectivity index (χ1) is 18.0. The van der Waals surface area contributed by atoms with E-state index in [2.05, 4.69) is 60.1 Å². The number of carbonyl (C=O) groups is 1. The molecular weight excluding hydrogens is 482 g/mol. The molecule has 1 aromatic heterocycles. The Hall–Kier alpha value is -3.31. The fourth-order valence-corrected chi connectivity index (χ4v) is 4.76. The van der Waals surface area contributed by atoms with Gasteiger partial charge >= 0.3 is 0 Å². The van der Waals surface area contributed by atoms with Crippen molar-refractivity contribution in [3.8, 4) is 5.75 Å². The molecule has 0 spiro atoms. The minimum Gasteiger partial charge on any atom is -0.493 e. The first-order valence-corrected chi connectivity index (χ1v) is 13.6. The van der Waals surface area contributed by atoms with E-state index < -0.39 is 0 Å². The summed E-state index contributed by atoms with van der Waals surface area (Å²) in [5.41, 5.74) is 4.28. The molecular formula is C31H36ClN3O2. The molecule has 0 unspecified atom stereocenters. The lowest BCUT2D eigenvalue weighted by molar-refractivity contribution is -0.120. The summed E-state index contributed by atoms with van der Waals surface area (Å²) < 4.78 is 8.44. The van der Waals surface area contributed by atoms with Crippen LogP contribution in [-0.2, 0) is 24.2 Å². The Bertz CT molecular complexity index is 1310. The molecule has 4 rings (SSSR count). The molecule has 5 nitrogen and oxygen atoms in total. The number of nitrogens with zero attached hydrogens (tertiary/aromatic N) is 2. The van der Waals surface area contributed by atoms with Crippen LogP contribution in [-0.4, -0.2) is 28.6 Å². The smallest absolute Gasteiger partial charge is 0.224 e. The van der Waals surface area contributed by atoms with E-state index >= 15 is 0 Å². The predicted octanol–water partition coefficient (Wildman–Crippen LogP) is 6.96. The third-order valence-electron chi connectivity index (χ3n) is 6.52. The maximum atomic E-state index is 12.3. The summed E-state index contributed by atoms with van der Waals surface area (Å²) in [5.74, 6) is 2.48. The number of rotatable bonds is 13. The summed E-state index contributed by atoms with van der Waals surface area (Å²) in [4.78, 5) is 17.2. The number of ether oxygens (including phenoxy) is 1. The van der Waals surface area contributed by atoms with Crippen LogP contribution in [0.4, 0.5) is 0 Å². The fraction of sp³-hybridized carbons (Fsp3) is 0.355. The van der Waals surface area contributed by atoms with Crippen LogP contribution in [0.3, 0.4) is 0 Å². The number of aryl methyl sites for hydroxylation is 2. The number of hydrogen-bond donors (Lipinski definition) is 1. The van der Waals surface area contributed by atoms with Gasteiger partial charge in [0.25, 0.3) is 0 Å². The number of hydrogen-bond acceptors (Lipinski definition) is 3. The van der Waals surface area contributed by atoms with Gasteiger partial charge in [-0.3, -0.25) is 4.79 Å². The number of para-hydroxylation sites is 3. The maximum Gasteiger partial charge on any atom is 0.224 e. The second-order valence-corrected chi connectivity index (χ2v) is 10.0. The van der Waals surface area contributed by atoms with Gasteiger partial charge in [0.15, 0.2) is 0 Å².